The average molecular weight is 1250 g/mol. The van der Waals surface area contributed by atoms with Gasteiger partial charge in [0.15, 0.2) is 11.7 Å². The van der Waals surface area contributed by atoms with Crippen molar-refractivity contribution >= 4 is 27.9 Å². The number of nitrogens with zero attached hydrogens (tertiary/aromatic N) is 1. The van der Waals surface area contributed by atoms with Crippen LogP contribution in [0.15, 0.2) is 150 Å². The van der Waals surface area contributed by atoms with Crippen LogP contribution in [0.25, 0.3) is 0 Å². The number of aliphatic imine (C=N–C) groups is 1. The molecule has 0 aromatic rings. The maximum absolute atomic E-state index is 13.1. The van der Waals surface area contributed by atoms with Gasteiger partial charge >= 0.3 is 10.4 Å². The van der Waals surface area contributed by atoms with Crippen LogP contribution in [0.3, 0.4) is 0 Å². The van der Waals surface area contributed by atoms with Crippen LogP contribution in [0.2, 0.25) is 0 Å². The van der Waals surface area contributed by atoms with Gasteiger partial charge < -0.3 is 77.9 Å². The van der Waals surface area contributed by atoms with Crippen molar-refractivity contribution in [3.63, 3.8) is 0 Å². The highest BCUT2D eigenvalue weighted by molar-refractivity contribution is 7.80. The first kappa shape index (κ1) is 81.8. The third kappa shape index (κ3) is 44.0. The summed E-state index contributed by atoms with van der Waals surface area (Å²) >= 11 is 0. The lowest BCUT2D eigenvalue weighted by Gasteiger charge is -2.26. The van der Waals surface area contributed by atoms with Gasteiger partial charge in [-0.05, 0) is 77.2 Å². The molecule has 494 valence electrons. The summed E-state index contributed by atoms with van der Waals surface area (Å²) in [7, 11) is -4.97. The van der Waals surface area contributed by atoms with Crippen LogP contribution in [-0.2, 0) is 24.2 Å². The third-order valence-corrected chi connectivity index (χ3v) is 14.3. The zero-order chi connectivity index (χ0) is 65.9. The molecule has 0 aromatic carbocycles. The van der Waals surface area contributed by atoms with Crippen molar-refractivity contribution in [3.8, 4) is 0 Å². The fraction of sp³-hybridized carbons (Fsp3) is 0.578. The molecule has 87 heavy (non-hydrogen) atoms. The zero-order valence-electron chi connectivity index (χ0n) is 51.0. The monoisotopic (exact) mass is 1250 g/mol. The number of aliphatic hydroxyl groups is 13. The van der Waals surface area contributed by atoms with Gasteiger partial charge in [-0.1, -0.05) is 161 Å². The van der Waals surface area contributed by atoms with Gasteiger partial charge in [-0.25, -0.2) is 4.18 Å². The van der Waals surface area contributed by atoms with E-state index in [2.05, 4.69) is 4.99 Å². The normalized spacial score (nSPS) is 19.5. The van der Waals surface area contributed by atoms with E-state index < -0.39 is 120 Å². The number of carbonyl (C=O) groups excluding carboxylic acids is 2. The molecule has 18 N–H and O–H groups in total. The van der Waals surface area contributed by atoms with E-state index in [1.807, 2.05) is 43.4 Å². The number of hydrogen-bond acceptors (Lipinski definition) is 19. The molecule has 23 heteroatoms. The molecule has 0 aliphatic rings. The molecule has 17 atom stereocenters. The van der Waals surface area contributed by atoms with Crippen LogP contribution in [-0.4, -0.2) is 189 Å². The first-order valence-corrected chi connectivity index (χ1v) is 30.9. The largest absolute Gasteiger partial charge is 0.397 e. The van der Waals surface area contributed by atoms with Gasteiger partial charge in [0.25, 0.3) is 0 Å². The van der Waals surface area contributed by atoms with Gasteiger partial charge in [0.1, 0.15) is 11.9 Å². The maximum Gasteiger partial charge on any atom is 0.397 e. The van der Waals surface area contributed by atoms with Crippen LogP contribution in [0.5, 0.6) is 0 Å². The number of carbonyl (C=O) groups is 2. The fourth-order valence-corrected chi connectivity index (χ4v) is 9.02. The van der Waals surface area contributed by atoms with E-state index in [1.54, 1.807) is 86.8 Å². The maximum atomic E-state index is 13.1. The summed E-state index contributed by atoms with van der Waals surface area (Å²) in [6.07, 6.45) is 21.9. The number of nitrogens with two attached hydrogens (primary N) is 2. The Balaban J connectivity index is 4.84. The second-order valence-corrected chi connectivity index (χ2v) is 23.0. The first-order valence-electron chi connectivity index (χ1n) is 29.5. The van der Waals surface area contributed by atoms with Crippen molar-refractivity contribution in [3.05, 3.63) is 145 Å². The topological polar surface area (TPSA) is 425 Å². The van der Waals surface area contributed by atoms with Gasteiger partial charge in [-0.3, -0.25) is 19.1 Å². The van der Waals surface area contributed by atoms with E-state index in [4.69, 9.17) is 15.7 Å². The van der Waals surface area contributed by atoms with Crippen LogP contribution in [0.1, 0.15) is 125 Å². The fourth-order valence-electron chi connectivity index (χ4n) is 8.46. The molecule has 0 rings (SSSR count). The lowest BCUT2D eigenvalue weighted by Crippen LogP contribution is -2.41. The van der Waals surface area contributed by atoms with E-state index in [9.17, 15) is 88.9 Å². The number of Topliss-reactive ketones (excluding diaryl/α,β-unsaturated/α-hetero) is 2. The summed E-state index contributed by atoms with van der Waals surface area (Å²) < 4.78 is 37.5. The quantitative estimate of drug-likeness (QED) is 0.00785. The lowest BCUT2D eigenvalue weighted by atomic mass is 9.88. The number of aliphatic hydroxyl groups excluding tert-OH is 13. The van der Waals surface area contributed by atoms with Gasteiger partial charge in [0.05, 0.1) is 79.4 Å². The van der Waals surface area contributed by atoms with Gasteiger partial charge in [-0.15, -0.1) is 0 Å². The molecule has 0 saturated carbocycles. The van der Waals surface area contributed by atoms with E-state index in [-0.39, 0.29) is 88.4 Å². The van der Waals surface area contributed by atoms with Crippen LogP contribution in [0.4, 0.5) is 0 Å². The number of unbranched alkanes of at least 4 members (excludes halogenated alkanes) is 1. The minimum Gasteiger partial charge on any atom is -0.393 e. The van der Waals surface area contributed by atoms with E-state index in [0.717, 1.165) is 12.8 Å². The molecule has 0 amide bonds. The summed E-state index contributed by atoms with van der Waals surface area (Å²) in [6, 6.07) is 0. The second kappa shape index (κ2) is 47.8. The molecule has 22 nitrogen and oxygen atoms in total. The molecular formula is C64H103N3O19S. The van der Waals surface area contributed by atoms with Crippen LogP contribution < -0.4 is 11.5 Å². The summed E-state index contributed by atoms with van der Waals surface area (Å²) in [5.41, 5.74) is 11.2. The van der Waals surface area contributed by atoms with Crippen molar-refractivity contribution in [2.24, 2.45) is 34.2 Å². The summed E-state index contributed by atoms with van der Waals surface area (Å²) in [5, 5.41) is 135. The van der Waals surface area contributed by atoms with E-state index in [0.29, 0.717) is 12.0 Å². The SMILES string of the molecule is CC(=O)/C(C)=C/C=C/C=C/CC/C=C/C(C)C(O)C(C)C(O)/C=C/C=C/C=C/C=C/C=C/C=C/CC(OS(=O)(=O)O)C(C)C(=O)CC(O)CC(O)/C=C/CC(O)CC(O)CC(O)/C=C/CC(O)CC(O)C(O)C(O)CC(O)CC(O)CCCN=C(N)N. The molecule has 0 spiro atoms. The Morgan fingerprint density at radius 1 is 0.517 bits per heavy atom. The number of rotatable bonds is 48. The van der Waals surface area contributed by atoms with E-state index >= 15 is 0 Å². The molecule has 0 fully saturated rings. The number of ketones is 2. The Morgan fingerprint density at radius 2 is 1.00 bits per heavy atom. The predicted molar refractivity (Wildman–Crippen MR) is 337 cm³/mol. The Bertz CT molecular complexity index is 2430. The Labute approximate surface area is 515 Å². The highest BCUT2D eigenvalue weighted by atomic mass is 32.3. The lowest BCUT2D eigenvalue weighted by molar-refractivity contribution is -0.127. The Hall–Kier alpha value is -5.16. The average Bonchev–Trinajstić information content (AvgIpc) is 3.63. The molecule has 0 radical (unpaired) electrons. The smallest absolute Gasteiger partial charge is 0.393 e. The molecule has 0 saturated heterocycles. The molecule has 17 unspecified atom stereocenters. The summed E-state index contributed by atoms with van der Waals surface area (Å²) in [5.74, 6) is -2.34. The molecule has 0 aliphatic heterocycles. The third-order valence-electron chi connectivity index (χ3n) is 13.8. The Kier molecular flexibility index (Phi) is 45.0. The number of hydrogen-bond donors (Lipinski definition) is 16. The molecule has 0 aromatic heterocycles. The molecular weight excluding hydrogens is 1150 g/mol. The standard InChI is InChI=1S/C64H103N3O19S/c1-44(48(5)68)27-20-16-12-11-13-17-21-28-45(2)62(81)47(4)57(77)34-22-18-14-9-7-6-8-10-15-19-23-35-61(86-87(83,84)85)46(3)58(78)42-55(75)39-51(71)30-24-29-49(69)37-54(74)38-50(70)31-25-32-53(73)41-59(79)63(82)60(80)43-56(76)40-52(72)33-26-36-67-64(65)66/h6-12,14-16,18-25,27-28,30-31,34,45-47,49-57,59-63,69-77,79-82H,13,17,26,29,32-33,35-43H2,1-5H3,(H4,65,66,67)(H,83,84,85)/b8-6+,9-7+,12-11+,15-10+,18-14+,20-16+,23-19+,28-21+,30-24+,31-25+,34-22+,44-27+. The minimum absolute atomic E-state index is 0.0314. The minimum atomic E-state index is -4.97. The Morgan fingerprint density at radius 3 is 1.56 bits per heavy atom. The van der Waals surface area contributed by atoms with Crippen molar-refractivity contribution in [2.75, 3.05) is 6.54 Å². The molecule has 0 heterocycles. The number of guanidine groups is 1. The molecule has 0 bridgehead atoms. The first-order chi connectivity index (χ1) is 40.9. The number of allylic oxidation sites excluding steroid dienone is 17. The van der Waals surface area contributed by atoms with Gasteiger partial charge in [0.2, 0.25) is 0 Å². The van der Waals surface area contributed by atoms with Crippen molar-refractivity contribution in [1.82, 2.24) is 0 Å². The summed E-state index contributed by atoms with van der Waals surface area (Å²) in [4.78, 5) is 28.1. The van der Waals surface area contributed by atoms with Crippen LogP contribution in [0, 0.1) is 17.8 Å². The van der Waals surface area contributed by atoms with Gasteiger partial charge in [-0.2, -0.15) is 8.42 Å². The van der Waals surface area contributed by atoms with Crippen molar-refractivity contribution in [1.29, 1.82) is 0 Å². The van der Waals surface area contributed by atoms with Gasteiger partial charge in [0, 0.05) is 56.4 Å². The predicted octanol–water partition coefficient (Wildman–Crippen LogP) is 3.73. The van der Waals surface area contributed by atoms with Crippen molar-refractivity contribution < 1.29 is 93.1 Å². The van der Waals surface area contributed by atoms with Crippen molar-refractivity contribution in [2.45, 2.75) is 210 Å². The van der Waals surface area contributed by atoms with Crippen LogP contribution >= 0.6 is 0 Å². The summed E-state index contributed by atoms with van der Waals surface area (Å²) in [6.45, 7) is 8.64. The second-order valence-electron chi connectivity index (χ2n) is 21.9. The highest BCUT2D eigenvalue weighted by Crippen LogP contribution is 2.22. The zero-order valence-corrected chi connectivity index (χ0v) is 51.8. The molecule has 0 aliphatic carbocycles. The highest BCUT2D eigenvalue weighted by Gasteiger charge is 2.31. The van der Waals surface area contributed by atoms with E-state index in [1.165, 1.54) is 44.2 Å².